The lowest BCUT2D eigenvalue weighted by Gasteiger charge is -2.35. The average Bonchev–Trinajstić information content (AvgIpc) is 2.75. The number of aromatic nitrogens is 2. The van der Waals surface area contributed by atoms with Gasteiger partial charge in [0.15, 0.2) is 0 Å². The van der Waals surface area contributed by atoms with E-state index in [1.54, 1.807) is 10.9 Å². The summed E-state index contributed by atoms with van der Waals surface area (Å²) in [5.74, 6) is -1.35. The fraction of sp³-hybridized carbons (Fsp3) is 0.583. The highest BCUT2D eigenvalue weighted by Gasteiger charge is 2.50. The maximum absolute atomic E-state index is 11.8. The first-order valence-electron chi connectivity index (χ1n) is 6.14. The van der Waals surface area contributed by atoms with Crippen LogP contribution in [-0.4, -0.2) is 33.3 Å². The summed E-state index contributed by atoms with van der Waals surface area (Å²) in [4.78, 5) is 22.9. The molecule has 6 nitrogen and oxygen atoms in total. The van der Waals surface area contributed by atoms with Gasteiger partial charge in [-0.25, -0.2) is 0 Å². The number of carbonyl (C=O) groups is 2. The lowest BCUT2D eigenvalue weighted by atomic mass is 9.68. The Kier molecular flexibility index (Phi) is 3.64. The van der Waals surface area contributed by atoms with Gasteiger partial charge in [0.25, 0.3) is 0 Å². The molecule has 0 unspecified atom stereocenters. The molecule has 1 aromatic rings. The van der Waals surface area contributed by atoms with E-state index in [-0.39, 0.29) is 5.91 Å². The standard InChI is InChI=1S/C12H17N3O3/c16-10(12(11(17)18)4-1-5-12)13-6-2-8-15-9-3-7-14-15/h3,7,9H,1-2,4-6,8H2,(H,13,16)(H,17,18). The third-order valence-electron chi connectivity index (χ3n) is 3.46. The molecule has 1 saturated carbocycles. The number of aliphatic carboxylic acids is 1. The zero-order valence-corrected chi connectivity index (χ0v) is 10.1. The van der Waals surface area contributed by atoms with Gasteiger partial charge in [0.05, 0.1) is 0 Å². The molecule has 6 heteroatoms. The van der Waals surface area contributed by atoms with E-state index in [0.717, 1.165) is 12.8 Å². The summed E-state index contributed by atoms with van der Waals surface area (Å²) in [6.07, 6.45) is 6.01. The maximum atomic E-state index is 11.8. The summed E-state index contributed by atoms with van der Waals surface area (Å²) >= 11 is 0. The predicted octanol–water partition coefficient (Wildman–Crippen LogP) is 0.644. The average molecular weight is 251 g/mol. The smallest absolute Gasteiger partial charge is 0.319 e. The van der Waals surface area contributed by atoms with Gasteiger partial charge in [-0.3, -0.25) is 14.3 Å². The second kappa shape index (κ2) is 5.20. The molecular formula is C12H17N3O3. The number of carboxylic acid groups (broad SMARTS) is 1. The van der Waals surface area contributed by atoms with Crippen molar-refractivity contribution < 1.29 is 14.7 Å². The van der Waals surface area contributed by atoms with Crippen molar-refractivity contribution in [1.82, 2.24) is 15.1 Å². The van der Waals surface area contributed by atoms with E-state index in [4.69, 9.17) is 5.11 Å². The Hall–Kier alpha value is -1.85. The Morgan fingerprint density at radius 1 is 1.44 bits per heavy atom. The fourth-order valence-electron chi connectivity index (χ4n) is 2.11. The van der Waals surface area contributed by atoms with Crippen molar-refractivity contribution in [2.75, 3.05) is 6.54 Å². The second-order valence-corrected chi connectivity index (χ2v) is 4.62. The summed E-state index contributed by atoms with van der Waals surface area (Å²) in [5.41, 5.74) is -1.16. The maximum Gasteiger partial charge on any atom is 0.319 e. The molecule has 0 atom stereocenters. The van der Waals surface area contributed by atoms with E-state index < -0.39 is 11.4 Å². The first kappa shape index (κ1) is 12.6. The van der Waals surface area contributed by atoms with Gasteiger partial charge < -0.3 is 10.4 Å². The van der Waals surface area contributed by atoms with Crippen molar-refractivity contribution in [3.63, 3.8) is 0 Å². The summed E-state index contributed by atoms with van der Waals surface area (Å²) in [6, 6.07) is 1.84. The highest BCUT2D eigenvalue weighted by atomic mass is 16.4. The predicted molar refractivity (Wildman–Crippen MR) is 63.8 cm³/mol. The van der Waals surface area contributed by atoms with Crippen LogP contribution < -0.4 is 5.32 Å². The van der Waals surface area contributed by atoms with Crippen molar-refractivity contribution in [2.45, 2.75) is 32.2 Å². The molecule has 2 N–H and O–H groups in total. The minimum Gasteiger partial charge on any atom is -0.480 e. The van der Waals surface area contributed by atoms with Gasteiger partial charge in [-0.2, -0.15) is 5.10 Å². The van der Waals surface area contributed by atoms with E-state index in [0.29, 0.717) is 25.9 Å². The van der Waals surface area contributed by atoms with Crippen LogP contribution in [0.3, 0.4) is 0 Å². The van der Waals surface area contributed by atoms with E-state index in [2.05, 4.69) is 10.4 Å². The topological polar surface area (TPSA) is 84.2 Å². The third-order valence-corrected chi connectivity index (χ3v) is 3.46. The number of amides is 1. The summed E-state index contributed by atoms with van der Waals surface area (Å²) in [6.45, 7) is 1.20. The van der Waals surface area contributed by atoms with Crippen LogP contribution in [0.1, 0.15) is 25.7 Å². The highest BCUT2D eigenvalue weighted by Crippen LogP contribution is 2.41. The lowest BCUT2D eigenvalue weighted by molar-refractivity contribution is -0.162. The van der Waals surface area contributed by atoms with Crippen LogP contribution in [0.5, 0.6) is 0 Å². The molecule has 1 aliphatic rings. The second-order valence-electron chi connectivity index (χ2n) is 4.62. The molecule has 0 radical (unpaired) electrons. The van der Waals surface area contributed by atoms with Crippen molar-refractivity contribution in [3.8, 4) is 0 Å². The van der Waals surface area contributed by atoms with Crippen LogP contribution in [0.25, 0.3) is 0 Å². The summed E-state index contributed by atoms with van der Waals surface area (Å²) in [7, 11) is 0. The Labute approximate surface area is 105 Å². The SMILES string of the molecule is O=C(O)C1(C(=O)NCCCn2cccn2)CCC1. The molecule has 1 aromatic heterocycles. The number of carbonyl (C=O) groups excluding carboxylic acids is 1. The fourth-order valence-corrected chi connectivity index (χ4v) is 2.11. The number of nitrogens with zero attached hydrogens (tertiary/aromatic N) is 2. The molecule has 1 fully saturated rings. The van der Waals surface area contributed by atoms with Crippen LogP contribution in [0.2, 0.25) is 0 Å². The normalized spacial score (nSPS) is 16.9. The first-order chi connectivity index (χ1) is 8.65. The van der Waals surface area contributed by atoms with Crippen molar-refractivity contribution in [2.24, 2.45) is 5.41 Å². The number of carboxylic acids is 1. The molecule has 0 spiro atoms. The van der Waals surface area contributed by atoms with Gasteiger partial charge >= 0.3 is 5.97 Å². The molecule has 0 aliphatic heterocycles. The van der Waals surface area contributed by atoms with E-state index in [9.17, 15) is 9.59 Å². The van der Waals surface area contributed by atoms with Crippen LogP contribution in [0, 0.1) is 5.41 Å². The zero-order chi connectivity index (χ0) is 13.0. The largest absolute Gasteiger partial charge is 0.480 e. The number of aryl methyl sites for hydroxylation is 1. The lowest BCUT2D eigenvalue weighted by Crippen LogP contribution is -2.51. The Morgan fingerprint density at radius 3 is 2.72 bits per heavy atom. The minimum absolute atomic E-state index is 0.346. The molecule has 2 rings (SSSR count). The molecule has 1 heterocycles. The third kappa shape index (κ3) is 2.37. The molecule has 18 heavy (non-hydrogen) atoms. The van der Waals surface area contributed by atoms with Gasteiger partial charge in [-0.15, -0.1) is 0 Å². The van der Waals surface area contributed by atoms with Crippen molar-refractivity contribution in [1.29, 1.82) is 0 Å². The molecular weight excluding hydrogens is 234 g/mol. The number of hydrogen-bond acceptors (Lipinski definition) is 3. The van der Waals surface area contributed by atoms with E-state index in [1.807, 2.05) is 12.3 Å². The molecule has 1 aliphatic carbocycles. The van der Waals surface area contributed by atoms with Crippen molar-refractivity contribution in [3.05, 3.63) is 18.5 Å². The number of hydrogen-bond donors (Lipinski definition) is 2. The zero-order valence-electron chi connectivity index (χ0n) is 10.1. The van der Waals surface area contributed by atoms with Gasteiger partial charge in [0.1, 0.15) is 5.41 Å². The Bertz CT molecular complexity index is 424. The molecule has 98 valence electrons. The molecule has 0 saturated heterocycles. The molecule has 1 amide bonds. The first-order valence-corrected chi connectivity index (χ1v) is 6.14. The summed E-state index contributed by atoms with van der Waals surface area (Å²) in [5, 5.41) is 15.8. The van der Waals surface area contributed by atoms with E-state index >= 15 is 0 Å². The van der Waals surface area contributed by atoms with Crippen LogP contribution in [0.4, 0.5) is 0 Å². The highest BCUT2D eigenvalue weighted by molar-refractivity contribution is 6.02. The quantitative estimate of drug-likeness (QED) is 0.574. The van der Waals surface area contributed by atoms with Crippen LogP contribution >= 0.6 is 0 Å². The Balaban J connectivity index is 1.73. The molecule has 0 bridgehead atoms. The van der Waals surface area contributed by atoms with Gasteiger partial charge in [0.2, 0.25) is 5.91 Å². The van der Waals surface area contributed by atoms with Gasteiger partial charge in [0, 0.05) is 25.5 Å². The number of nitrogens with one attached hydrogen (secondary N) is 1. The Morgan fingerprint density at radius 2 is 2.22 bits per heavy atom. The summed E-state index contributed by atoms with van der Waals surface area (Å²) < 4.78 is 1.78. The van der Waals surface area contributed by atoms with Crippen LogP contribution in [0.15, 0.2) is 18.5 Å². The molecule has 0 aromatic carbocycles. The van der Waals surface area contributed by atoms with Crippen molar-refractivity contribution >= 4 is 11.9 Å². The number of rotatable bonds is 6. The van der Waals surface area contributed by atoms with Crippen LogP contribution in [-0.2, 0) is 16.1 Å². The monoisotopic (exact) mass is 251 g/mol. The van der Waals surface area contributed by atoms with Gasteiger partial charge in [-0.1, -0.05) is 6.42 Å². The van der Waals surface area contributed by atoms with E-state index in [1.165, 1.54) is 0 Å². The minimum atomic E-state index is -1.16. The van der Waals surface area contributed by atoms with Gasteiger partial charge in [-0.05, 0) is 25.3 Å².